The molecule has 3 rings (SSSR count). The van der Waals surface area contributed by atoms with Crippen molar-refractivity contribution < 1.29 is 12.6 Å². The summed E-state index contributed by atoms with van der Waals surface area (Å²) in [6, 6.07) is 17.2. The Labute approximate surface area is 150 Å². The molecule has 0 atom stereocenters. The van der Waals surface area contributed by atoms with Crippen molar-refractivity contribution in [1.82, 2.24) is 4.90 Å². The maximum Gasteiger partial charge on any atom is 0.296 e. The van der Waals surface area contributed by atoms with Crippen molar-refractivity contribution in [3.8, 4) is 0 Å². The molecule has 0 bridgehead atoms. The Balaban J connectivity index is 1.47. The van der Waals surface area contributed by atoms with E-state index in [1.54, 1.807) is 24.3 Å². The average molecular weight is 359 g/mol. The zero-order valence-electron chi connectivity index (χ0n) is 14.6. The number of piperidine rings is 1. The van der Waals surface area contributed by atoms with E-state index >= 15 is 0 Å². The molecular formula is C20H25NO3S. The third-order valence-electron chi connectivity index (χ3n) is 4.72. The normalized spacial score (nSPS) is 16.8. The molecule has 0 spiro atoms. The lowest BCUT2D eigenvalue weighted by Crippen LogP contribution is -2.35. The molecule has 0 amide bonds. The van der Waals surface area contributed by atoms with Gasteiger partial charge in [0.05, 0.1) is 11.5 Å². The fraction of sp³-hybridized carbons (Fsp3) is 0.400. The van der Waals surface area contributed by atoms with Gasteiger partial charge in [-0.1, -0.05) is 48.0 Å². The highest BCUT2D eigenvalue weighted by Crippen LogP contribution is 2.21. The van der Waals surface area contributed by atoms with Crippen LogP contribution in [0.3, 0.4) is 0 Å². The van der Waals surface area contributed by atoms with Crippen LogP contribution in [0, 0.1) is 12.8 Å². The first-order chi connectivity index (χ1) is 12.0. The van der Waals surface area contributed by atoms with Crippen molar-refractivity contribution in [2.45, 2.75) is 31.2 Å². The lowest BCUT2D eigenvalue weighted by atomic mass is 9.97. The topological polar surface area (TPSA) is 46.6 Å². The largest absolute Gasteiger partial charge is 0.299 e. The molecule has 0 saturated carbocycles. The molecule has 1 aliphatic rings. The molecule has 1 fully saturated rings. The van der Waals surface area contributed by atoms with Crippen molar-refractivity contribution in [3.63, 3.8) is 0 Å². The highest BCUT2D eigenvalue weighted by Gasteiger charge is 2.23. The van der Waals surface area contributed by atoms with E-state index in [4.69, 9.17) is 4.18 Å². The first-order valence-electron chi connectivity index (χ1n) is 8.75. The summed E-state index contributed by atoms with van der Waals surface area (Å²) >= 11 is 0. The van der Waals surface area contributed by atoms with Crippen LogP contribution in [0.25, 0.3) is 0 Å². The Bertz CT molecular complexity index is 764. The van der Waals surface area contributed by atoms with Gasteiger partial charge in [-0.15, -0.1) is 0 Å². The zero-order valence-corrected chi connectivity index (χ0v) is 15.4. The minimum absolute atomic E-state index is 0.236. The first-order valence-corrected chi connectivity index (χ1v) is 10.2. The summed E-state index contributed by atoms with van der Waals surface area (Å²) in [4.78, 5) is 2.65. The number of hydrogen-bond donors (Lipinski definition) is 0. The highest BCUT2D eigenvalue weighted by molar-refractivity contribution is 7.86. The quantitative estimate of drug-likeness (QED) is 0.739. The second-order valence-electron chi connectivity index (χ2n) is 6.76. The summed E-state index contributed by atoms with van der Waals surface area (Å²) in [7, 11) is -3.65. The Morgan fingerprint density at radius 3 is 2.28 bits per heavy atom. The Hall–Kier alpha value is -1.69. The van der Waals surface area contributed by atoms with Crippen LogP contribution in [0.5, 0.6) is 0 Å². The van der Waals surface area contributed by atoms with Crippen LogP contribution in [0.15, 0.2) is 59.5 Å². The number of aryl methyl sites for hydroxylation is 1. The number of nitrogens with zero attached hydrogens (tertiary/aromatic N) is 1. The Morgan fingerprint density at radius 2 is 1.64 bits per heavy atom. The van der Waals surface area contributed by atoms with Crippen LogP contribution in [0.4, 0.5) is 0 Å². The molecule has 0 aliphatic carbocycles. The van der Waals surface area contributed by atoms with E-state index in [-0.39, 0.29) is 11.5 Å². The SMILES string of the molecule is Cc1ccc(S(=O)(=O)OCC2CCN(Cc3ccccc3)CC2)cc1. The lowest BCUT2D eigenvalue weighted by molar-refractivity contribution is 0.139. The van der Waals surface area contributed by atoms with E-state index in [0.29, 0.717) is 5.92 Å². The van der Waals surface area contributed by atoms with Crippen molar-refractivity contribution in [3.05, 3.63) is 65.7 Å². The van der Waals surface area contributed by atoms with E-state index in [2.05, 4.69) is 29.2 Å². The average Bonchev–Trinajstić information content (AvgIpc) is 2.62. The maximum absolute atomic E-state index is 12.3. The van der Waals surface area contributed by atoms with Crippen LogP contribution in [-0.2, 0) is 20.8 Å². The number of benzene rings is 2. The van der Waals surface area contributed by atoms with Crippen molar-refractivity contribution in [1.29, 1.82) is 0 Å². The van der Waals surface area contributed by atoms with E-state index < -0.39 is 10.1 Å². The van der Waals surface area contributed by atoms with Gasteiger partial charge < -0.3 is 0 Å². The molecule has 1 heterocycles. The number of likely N-dealkylation sites (tertiary alicyclic amines) is 1. The first kappa shape index (κ1) is 18.1. The van der Waals surface area contributed by atoms with Crippen LogP contribution in [0.1, 0.15) is 24.0 Å². The maximum atomic E-state index is 12.3. The fourth-order valence-corrected chi connectivity index (χ4v) is 4.09. The van der Waals surface area contributed by atoms with E-state index in [1.807, 2.05) is 13.0 Å². The summed E-state index contributed by atoms with van der Waals surface area (Å²) in [5.74, 6) is 0.298. The number of rotatable bonds is 6. The predicted octanol–water partition coefficient (Wildman–Crippen LogP) is 3.61. The van der Waals surface area contributed by atoms with Gasteiger partial charge in [0.1, 0.15) is 0 Å². The summed E-state index contributed by atoms with van der Waals surface area (Å²) < 4.78 is 29.8. The molecule has 1 saturated heterocycles. The smallest absolute Gasteiger partial charge is 0.296 e. The summed E-state index contributed by atoms with van der Waals surface area (Å²) in [6.07, 6.45) is 1.94. The van der Waals surface area contributed by atoms with Gasteiger partial charge in [0.15, 0.2) is 0 Å². The van der Waals surface area contributed by atoms with Gasteiger partial charge in [-0.25, -0.2) is 0 Å². The third-order valence-corrected chi connectivity index (χ3v) is 6.02. The summed E-state index contributed by atoms with van der Waals surface area (Å²) in [6.45, 7) is 5.12. The van der Waals surface area contributed by atoms with Crippen LogP contribution < -0.4 is 0 Å². The van der Waals surface area contributed by atoms with Crippen LogP contribution in [0.2, 0.25) is 0 Å². The molecule has 4 nitrogen and oxygen atoms in total. The molecule has 1 aliphatic heterocycles. The zero-order chi connectivity index (χ0) is 17.7. The van der Waals surface area contributed by atoms with Gasteiger partial charge in [0, 0.05) is 6.54 Å². The second kappa shape index (κ2) is 8.13. The van der Waals surface area contributed by atoms with Crippen molar-refractivity contribution in [2.24, 2.45) is 5.92 Å². The monoisotopic (exact) mass is 359 g/mol. The highest BCUT2D eigenvalue weighted by atomic mass is 32.2. The van der Waals surface area contributed by atoms with Gasteiger partial charge in [0.2, 0.25) is 0 Å². The molecule has 0 radical (unpaired) electrons. The minimum atomic E-state index is -3.65. The van der Waals surface area contributed by atoms with E-state index in [1.165, 1.54) is 5.56 Å². The second-order valence-corrected chi connectivity index (χ2v) is 8.37. The van der Waals surface area contributed by atoms with Crippen LogP contribution in [-0.4, -0.2) is 33.0 Å². The lowest BCUT2D eigenvalue weighted by Gasteiger charge is -2.31. The molecule has 2 aromatic rings. The molecule has 2 aromatic carbocycles. The fourth-order valence-electron chi connectivity index (χ4n) is 3.11. The van der Waals surface area contributed by atoms with Crippen molar-refractivity contribution in [2.75, 3.05) is 19.7 Å². The number of hydrogen-bond acceptors (Lipinski definition) is 4. The van der Waals surface area contributed by atoms with Gasteiger partial charge in [-0.2, -0.15) is 8.42 Å². The molecular weight excluding hydrogens is 334 g/mol. The summed E-state index contributed by atoms with van der Waals surface area (Å²) in [5.41, 5.74) is 2.35. The molecule has 5 heteroatoms. The van der Waals surface area contributed by atoms with E-state index in [0.717, 1.165) is 38.0 Å². The van der Waals surface area contributed by atoms with Gasteiger partial charge in [0.25, 0.3) is 10.1 Å². The molecule has 0 aromatic heterocycles. The van der Waals surface area contributed by atoms with Crippen molar-refractivity contribution >= 4 is 10.1 Å². The standard InChI is InChI=1S/C20H25NO3S/c1-17-7-9-20(10-8-17)25(22,23)24-16-19-11-13-21(14-12-19)15-18-5-3-2-4-6-18/h2-10,19H,11-16H2,1H3. The molecule has 134 valence electrons. The summed E-state index contributed by atoms with van der Waals surface area (Å²) in [5, 5.41) is 0. The Morgan fingerprint density at radius 1 is 1.00 bits per heavy atom. The van der Waals surface area contributed by atoms with Gasteiger partial charge in [-0.05, 0) is 56.5 Å². The van der Waals surface area contributed by atoms with Gasteiger partial charge >= 0.3 is 0 Å². The van der Waals surface area contributed by atoms with Gasteiger partial charge in [-0.3, -0.25) is 9.08 Å². The molecule has 0 unspecified atom stereocenters. The molecule has 0 N–H and O–H groups in total. The minimum Gasteiger partial charge on any atom is -0.299 e. The Kier molecular flexibility index (Phi) is 5.89. The predicted molar refractivity (Wildman–Crippen MR) is 98.8 cm³/mol. The third kappa shape index (κ3) is 5.14. The van der Waals surface area contributed by atoms with Crippen LogP contribution >= 0.6 is 0 Å². The van der Waals surface area contributed by atoms with E-state index in [9.17, 15) is 8.42 Å². The molecule has 25 heavy (non-hydrogen) atoms.